The molecule has 1 nitrogen and oxygen atoms in total. The van der Waals surface area contributed by atoms with Crippen molar-refractivity contribution in [3.8, 4) is 0 Å². The zero-order valence-corrected chi connectivity index (χ0v) is 14.9. The molecule has 4 aliphatic carbocycles. The zero-order valence-electron chi connectivity index (χ0n) is 13.9. The molecule has 4 aliphatic rings. The summed E-state index contributed by atoms with van der Waals surface area (Å²) in [5.74, 6) is 3.27. The SMILES string of the molecule is CC[Si](CC)(CC)OCCC12CC3CC(CC(C3)C1)C2. The maximum absolute atomic E-state index is 6.56. The van der Waals surface area contributed by atoms with Crippen LogP contribution in [-0.4, -0.2) is 14.9 Å². The minimum atomic E-state index is -1.35. The van der Waals surface area contributed by atoms with Gasteiger partial charge >= 0.3 is 0 Å². The summed E-state index contributed by atoms with van der Waals surface area (Å²) in [5, 5.41) is 0. The van der Waals surface area contributed by atoms with Crippen LogP contribution in [0.5, 0.6) is 0 Å². The van der Waals surface area contributed by atoms with Gasteiger partial charge in [-0.1, -0.05) is 20.8 Å². The molecule has 0 N–H and O–H groups in total. The van der Waals surface area contributed by atoms with E-state index in [9.17, 15) is 0 Å². The van der Waals surface area contributed by atoms with Gasteiger partial charge in [0, 0.05) is 6.61 Å². The highest BCUT2D eigenvalue weighted by Crippen LogP contribution is 2.61. The largest absolute Gasteiger partial charge is 0.417 e. The first-order valence-corrected chi connectivity index (χ1v) is 11.8. The molecule has 4 bridgehead atoms. The van der Waals surface area contributed by atoms with Gasteiger partial charge in [-0.05, 0) is 86.2 Å². The molecule has 0 radical (unpaired) electrons. The van der Waals surface area contributed by atoms with E-state index < -0.39 is 8.32 Å². The summed E-state index contributed by atoms with van der Waals surface area (Å²) in [6.45, 7) is 8.13. The summed E-state index contributed by atoms with van der Waals surface area (Å²) in [7, 11) is -1.35. The Morgan fingerprint density at radius 1 is 0.850 bits per heavy atom. The highest BCUT2D eigenvalue weighted by Gasteiger charge is 2.50. The van der Waals surface area contributed by atoms with Gasteiger partial charge in [0.1, 0.15) is 0 Å². The summed E-state index contributed by atoms with van der Waals surface area (Å²) in [6.07, 6.45) is 10.7. The lowest BCUT2D eigenvalue weighted by atomic mass is 9.49. The molecule has 116 valence electrons. The van der Waals surface area contributed by atoms with Crippen molar-refractivity contribution in [3.63, 3.8) is 0 Å². The van der Waals surface area contributed by atoms with Crippen LogP contribution in [-0.2, 0) is 4.43 Å². The Hall–Kier alpha value is 0.177. The van der Waals surface area contributed by atoms with E-state index in [-0.39, 0.29) is 0 Å². The Morgan fingerprint density at radius 3 is 1.70 bits per heavy atom. The molecule has 4 fully saturated rings. The van der Waals surface area contributed by atoms with Crippen LogP contribution < -0.4 is 0 Å². The second-order valence-electron chi connectivity index (χ2n) is 8.26. The number of hydrogen-bond acceptors (Lipinski definition) is 1. The predicted molar refractivity (Wildman–Crippen MR) is 88.4 cm³/mol. The van der Waals surface area contributed by atoms with Crippen molar-refractivity contribution in [3.05, 3.63) is 0 Å². The topological polar surface area (TPSA) is 9.23 Å². The van der Waals surface area contributed by atoms with Crippen LogP contribution in [0.3, 0.4) is 0 Å². The summed E-state index contributed by atoms with van der Waals surface area (Å²) >= 11 is 0. The maximum Gasteiger partial charge on any atom is 0.191 e. The number of rotatable bonds is 7. The van der Waals surface area contributed by atoms with Crippen molar-refractivity contribution in [2.45, 2.75) is 83.8 Å². The molecule has 4 rings (SSSR count). The van der Waals surface area contributed by atoms with E-state index in [0.29, 0.717) is 5.41 Å². The average Bonchev–Trinajstić information content (AvgIpc) is 2.42. The second kappa shape index (κ2) is 5.76. The fourth-order valence-corrected chi connectivity index (χ4v) is 8.78. The number of hydrogen-bond donors (Lipinski definition) is 0. The van der Waals surface area contributed by atoms with Crippen LogP contribution in [0.1, 0.15) is 65.7 Å². The van der Waals surface area contributed by atoms with Gasteiger partial charge in [-0.15, -0.1) is 0 Å². The average molecular weight is 295 g/mol. The normalized spacial score (nSPS) is 39.5. The summed E-state index contributed by atoms with van der Waals surface area (Å²) in [4.78, 5) is 0. The van der Waals surface area contributed by atoms with Crippen molar-refractivity contribution in [1.29, 1.82) is 0 Å². The Kier molecular flexibility index (Phi) is 4.34. The fourth-order valence-electron chi connectivity index (χ4n) is 6.14. The molecule has 0 aromatic rings. The Labute approximate surface area is 127 Å². The molecular formula is C18H34OSi. The summed E-state index contributed by atoms with van der Waals surface area (Å²) in [6, 6.07) is 3.92. The van der Waals surface area contributed by atoms with Crippen LogP contribution in [0.15, 0.2) is 0 Å². The standard InChI is InChI=1S/C18H34OSi/c1-4-20(5-2,6-3)19-8-7-18-12-15-9-16(13-18)11-17(10-15)14-18/h15-17H,4-14H2,1-3H3. The van der Waals surface area contributed by atoms with E-state index in [0.717, 1.165) is 24.4 Å². The molecule has 0 heterocycles. The van der Waals surface area contributed by atoms with E-state index in [1.165, 1.54) is 24.6 Å². The second-order valence-corrected chi connectivity index (χ2v) is 13.0. The van der Waals surface area contributed by atoms with Gasteiger partial charge in [0.25, 0.3) is 0 Å². The van der Waals surface area contributed by atoms with Crippen LogP contribution >= 0.6 is 0 Å². The summed E-state index contributed by atoms with van der Waals surface area (Å²) < 4.78 is 6.56. The van der Waals surface area contributed by atoms with Crippen molar-refractivity contribution in [2.75, 3.05) is 6.61 Å². The molecule has 0 unspecified atom stereocenters. The third-order valence-corrected chi connectivity index (χ3v) is 11.8. The minimum Gasteiger partial charge on any atom is -0.417 e. The molecular weight excluding hydrogens is 260 g/mol. The molecule has 0 spiro atoms. The minimum absolute atomic E-state index is 0.712. The molecule has 0 saturated heterocycles. The van der Waals surface area contributed by atoms with Crippen LogP contribution in [0, 0.1) is 23.2 Å². The lowest BCUT2D eigenvalue weighted by Gasteiger charge is -2.57. The smallest absolute Gasteiger partial charge is 0.191 e. The molecule has 0 atom stereocenters. The van der Waals surface area contributed by atoms with Crippen LogP contribution in [0.25, 0.3) is 0 Å². The predicted octanol–water partition coefficient (Wildman–Crippen LogP) is 5.61. The first-order chi connectivity index (χ1) is 9.62. The zero-order chi connectivity index (χ0) is 14.2. The van der Waals surface area contributed by atoms with Gasteiger partial charge < -0.3 is 4.43 Å². The lowest BCUT2D eigenvalue weighted by Crippen LogP contribution is -2.47. The third-order valence-electron chi connectivity index (χ3n) is 7.14. The van der Waals surface area contributed by atoms with Gasteiger partial charge in [-0.25, -0.2) is 0 Å². The summed E-state index contributed by atoms with van der Waals surface area (Å²) in [5.41, 5.74) is 0.712. The first-order valence-electron chi connectivity index (χ1n) is 9.26. The lowest BCUT2D eigenvalue weighted by molar-refractivity contribution is -0.0628. The molecule has 4 saturated carbocycles. The highest BCUT2D eigenvalue weighted by molar-refractivity contribution is 6.73. The van der Waals surface area contributed by atoms with Gasteiger partial charge in [0.05, 0.1) is 0 Å². The quantitative estimate of drug-likeness (QED) is 0.554. The Balaban J connectivity index is 1.56. The molecule has 0 aromatic heterocycles. The monoisotopic (exact) mass is 294 g/mol. The van der Waals surface area contributed by atoms with E-state index in [2.05, 4.69) is 20.8 Å². The van der Waals surface area contributed by atoms with Crippen molar-refractivity contribution >= 4 is 8.32 Å². The van der Waals surface area contributed by atoms with Gasteiger partial charge in [0.15, 0.2) is 8.32 Å². The molecule has 0 aliphatic heterocycles. The van der Waals surface area contributed by atoms with E-state index in [1.54, 1.807) is 38.5 Å². The third kappa shape index (κ3) is 2.75. The molecule has 0 amide bonds. The maximum atomic E-state index is 6.56. The van der Waals surface area contributed by atoms with Gasteiger partial charge in [-0.3, -0.25) is 0 Å². The van der Waals surface area contributed by atoms with E-state index >= 15 is 0 Å². The highest BCUT2D eigenvalue weighted by atomic mass is 28.4. The van der Waals surface area contributed by atoms with E-state index in [1.807, 2.05) is 0 Å². The van der Waals surface area contributed by atoms with Gasteiger partial charge in [-0.2, -0.15) is 0 Å². The van der Waals surface area contributed by atoms with Crippen LogP contribution in [0.4, 0.5) is 0 Å². The molecule has 0 aromatic carbocycles. The van der Waals surface area contributed by atoms with Crippen molar-refractivity contribution in [1.82, 2.24) is 0 Å². The van der Waals surface area contributed by atoms with Crippen molar-refractivity contribution < 1.29 is 4.43 Å². The Morgan fingerprint density at radius 2 is 1.30 bits per heavy atom. The Bertz CT molecular complexity index is 291. The molecule has 20 heavy (non-hydrogen) atoms. The molecule has 2 heteroatoms. The fraction of sp³-hybridized carbons (Fsp3) is 1.00. The van der Waals surface area contributed by atoms with Gasteiger partial charge in [0.2, 0.25) is 0 Å². The van der Waals surface area contributed by atoms with Crippen molar-refractivity contribution in [2.24, 2.45) is 23.2 Å². The first kappa shape index (κ1) is 15.1. The van der Waals surface area contributed by atoms with Crippen LogP contribution in [0.2, 0.25) is 18.1 Å². The van der Waals surface area contributed by atoms with E-state index in [4.69, 9.17) is 4.43 Å².